The van der Waals surface area contributed by atoms with Crippen LogP contribution < -0.4 is 5.32 Å². The molecule has 2 rings (SSSR count). The van der Waals surface area contributed by atoms with Crippen molar-refractivity contribution < 1.29 is 4.79 Å². The minimum Gasteiger partial charge on any atom is -0.319 e. The van der Waals surface area contributed by atoms with Gasteiger partial charge < -0.3 is 5.32 Å². The van der Waals surface area contributed by atoms with Crippen LogP contribution in [0.4, 0.5) is 0 Å². The second kappa shape index (κ2) is 5.43. The van der Waals surface area contributed by atoms with Crippen molar-refractivity contribution in [2.75, 3.05) is 13.6 Å². The van der Waals surface area contributed by atoms with E-state index < -0.39 is 0 Å². The molecule has 3 heteroatoms. The molecule has 1 aromatic heterocycles. The van der Waals surface area contributed by atoms with Crippen molar-refractivity contribution in [3.05, 3.63) is 35.2 Å². The van der Waals surface area contributed by atoms with Crippen LogP contribution in [0.2, 0.25) is 0 Å². The lowest BCUT2D eigenvalue weighted by molar-refractivity contribution is 0.0919. The molecule has 0 saturated carbocycles. The molecular weight excluding hydrogens is 230 g/mol. The fourth-order valence-corrected chi connectivity index (χ4v) is 3.01. The Bertz CT molecular complexity index is 518. The van der Waals surface area contributed by atoms with Gasteiger partial charge in [-0.15, -0.1) is 11.3 Å². The molecule has 0 amide bonds. The van der Waals surface area contributed by atoms with Gasteiger partial charge in [0.2, 0.25) is 0 Å². The molecule has 1 heterocycles. The molecule has 1 unspecified atom stereocenters. The highest BCUT2D eigenvalue weighted by molar-refractivity contribution is 7.17. The van der Waals surface area contributed by atoms with E-state index in [1.807, 2.05) is 30.6 Å². The van der Waals surface area contributed by atoms with E-state index in [4.69, 9.17) is 0 Å². The van der Waals surface area contributed by atoms with E-state index in [1.54, 1.807) is 11.3 Å². The molecule has 0 aliphatic rings. The Kier molecular flexibility index (Phi) is 3.92. The molecule has 17 heavy (non-hydrogen) atoms. The SMILES string of the molecule is CCC(CNC)C(=O)c1csc2ccccc12. The number of benzene rings is 1. The summed E-state index contributed by atoms with van der Waals surface area (Å²) in [5.74, 6) is 0.345. The van der Waals surface area contributed by atoms with Gasteiger partial charge in [-0.05, 0) is 19.5 Å². The van der Waals surface area contributed by atoms with E-state index in [1.165, 1.54) is 4.70 Å². The Balaban J connectivity index is 2.36. The van der Waals surface area contributed by atoms with Gasteiger partial charge in [0, 0.05) is 33.5 Å². The number of carbonyl (C=O) groups excluding carboxylic acids is 1. The first-order valence-corrected chi connectivity index (χ1v) is 6.81. The van der Waals surface area contributed by atoms with Crippen molar-refractivity contribution in [1.82, 2.24) is 5.32 Å². The highest BCUT2D eigenvalue weighted by Crippen LogP contribution is 2.28. The summed E-state index contributed by atoms with van der Waals surface area (Å²) in [6.07, 6.45) is 0.879. The first-order chi connectivity index (χ1) is 8.27. The zero-order valence-electron chi connectivity index (χ0n) is 10.2. The summed E-state index contributed by atoms with van der Waals surface area (Å²) >= 11 is 1.65. The third kappa shape index (κ3) is 2.40. The fourth-order valence-electron chi connectivity index (χ4n) is 2.06. The van der Waals surface area contributed by atoms with Crippen LogP contribution in [0.3, 0.4) is 0 Å². The number of rotatable bonds is 5. The summed E-state index contributed by atoms with van der Waals surface area (Å²) in [5.41, 5.74) is 0.882. The lowest BCUT2D eigenvalue weighted by atomic mass is 9.95. The molecule has 0 aliphatic heterocycles. The molecule has 1 aromatic carbocycles. The Morgan fingerprint density at radius 1 is 1.41 bits per heavy atom. The lowest BCUT2D eigenvalue weighted by Gasteiger charge is -2.12. The number of fused-ring (bicyclic) bond motifs is 1. The summed E-state index contributed by atoms with van der Waals surface area (Å²) in [6, 6.07) is 8.10. The van der Waals surface area contributed by atoms with Gasteiger partial charge in [0.15, 0.2) is 5.78 Å². The summed E-state index contributed by atoms with van der Waals surface area (Å²) in [5, 5.41) is 6.18. The minimum absolute atomic E-state index is 0.0815. The van der Waals surface area contributed by atoms with Crippen LogP contribution in [-0.4, -0.2) is 19.4 Å². The van der Waals surface area contributed by atoms with Gasteiger partial charge in [0.05, 0.1) is 0 Å². The number of nitrogens with one attached hydrogen (secondary N) is 1. The molecule has 0 radical (unpaired) electrons. The first kappa shape index (κ1) is 12.3. The number of thiophene rings is 1. The van der Waals surface area contributed by atoms with Crippen molar-refractivity contribution in [3.8, 4) is 0 Å². The largest absolute Gasteiger partial charge is 0.319 e. The number of hydrogen-bond donors (Lipinski definition) is 1. The van der Waals surface area contributed by atoms with Crippen molar-refractivity contribution in [2.24, 2.45) is 5.92 Å². The van der Waals surface area contributed by atoms with Gasteiger partial charge in [-0.1, -0.05) is 25.1 Å². The average Bonchev–Trinajstić information content (AvgIpc) is 2.79. The van der Waals surface area contributed by atoms with Gasteiger partial charge in [-0.2, -0.15) is 0 Å². The summed E-state index contributed by atoms with van der Waals surface area (Å²) in [4.78, 5) is 12.4. The van der Waals surface area contributed by atoms with Crippen LogP contribution in [0.15, 0.2) is 29.6 Å². The predicted octanol–water partition coefficient (Wildman–Crippen LogP) is 3.33. The van der Waals surface area contributed by atoms with Gasteiger partial charge >= 0.3 is 0 Å². The van der Waals surface area contributed by atoms with Gasteiger partial charge in [-0.25, -0.2) is 0 Å². The molecule has 0 saturated heterocycles. The molecular formula is C14H17NOS. The van der Waals surface area contributed by atoms with E-state index >= 15 is 0 Å². The second-order valence-electron chi connectivity index (χ2n) is 4.17. The number of ketones is 1. The van der Waals surface area contributed by atoms with Crippen molar-refractivity contribution in [3.63, 3.8) is 0 Å². The van der Waals surface area contributed by atoms with Crippen LogP contribution in [0, 0.1) is 5.92 Å². The van der Waals surface area contributed by atoms with Crippen LogP contribution >= 0.6 is 11.3 Å². The van der Waals surface area contributed by atoms with Gasteiger partial charge in [0.1, 0.15) is 0 Å². The lowest BCUT2D eigenvalue weighted by Crippen LogP contribution is -2.25. The summed E-state index contributed by atoms with van der Waals surface area (Å²) < 4.78 is 1.19. The van der Waals surface area contributed by atoms with E-state index in [0.29, 0.717) is 0 Å². The third-order valence-corrected chi connectivity index (χ3v) is 4.02. The highest BCUT2D eigenvalue weighted by Gasteiger charge is 2.20. The molecule has 0 spiro atoms. The molecule has 0 aliphatic carbocycles. The molecule has 0 fully saturated rings. The van der Waals surface area contributed by atoms with Crippen LogP contribution in [-0.2, 0) is 0 Å². The fraction of sp³-hybridized carbons (Fsp3) is 0.357. The monoisotopic (exact) mass is 247 g/mol. The Morgan fingerprint density at radius 2 is 2.18 bits per heavy atom. The van der Waals surface area contributed by atoms with E-state index in [9.17, 15) is 4.79 Å². The maximum atomic E-state index is 12.4. The number of Topliss-reactive ketones (excluding diaryl/α,β-unsaturated/α-hetero) is 1. The Labute approximate surface area is 106 Å². The molecule has 1 atom stereocenters. The van der Waals surface area contributed by atoms with E-state index in [-0.39, 0.29) is 11.7 Å². The van der Waals surface area contributed by atoms with Crippen LogP contribution in [0.25, 0.3) is 10.1 Å². The Hall–Kier alpha value is -1.19. The van der Waals surface area contributed by atoms with E-state index in [0.717, 1.165) is 23.9 Å². The Morgan fingerprint density at radius 3 is 2.88 bits per heavy atom. The zero-order valence-corrected chi connectivity index (χ0v) is 11.0. The molecule has 1 N–H and O–H groups in total. The predicted molar refractivity (Wildman–Crippen MR) is 73.9 cm³/mol. The van der Waals surface area contributed by atoms with Gasteiger partial charge in [-0.3, -0.25) is 4.79 Å². The third-order valence-electron chi connectivity index (χ3n) is 3.06. The maximum absolute atomic E-state index is 12.4. The molecule has 2 aromatic rings. The molecule has 2 nitrogen and oxygen atoms in total. The van der Waals surface area contributed by atoms with Gasteiger partial charge in [0.25, 0.3) is 0 Å². The van der Waals surface area contributed by atoms with Crippen molar-refractivity contribution >= 4 is 27.2 Å². The van der Waals surface area contributed by atoms with E-state index in [2.05, 4.69) is 18.3 Å². The van der Waals surface area contributed by atoms with Crippen molar-refractivity contribution in [1.29, 1.82) is 0 Å². The summed E-state index contributed by atoms with van der Waals surface area (Å²) in [7, 11) is 1.89. The topological polar surface area (TPSA) is 29.1 Å². The quantitative estimate of drug-likeness (QED) is 0.821. The number of hydrogen-bond acceptors (Lipinski definition) is 3. The normalized spacial score (nSPS) is 12.8. The average molecular weight is 247 g/mol. The maximum Gasteiger partial charge on any atom is 0.168 e. The van der Waals surface area contributed by atoms with Crippen LogP contribution in [0.5, 0.6) is 0 Å². The number of carbonyl (C=O) groups is 1. The molecule has 90 valence electrons. The standard InChI is InChI=1S/C14H17NOS/c1-3-10(8-15-2)14(16)12-9-17-13-7-5-4-6-11(12)13/h4-7,9-10,15H,3,8H2,1-2H3. The zero-order chi connectivity index (χ0) is 12.3. The summed E-state index contributed by atoms with van der Waals surface area (Å²) in [6.45, 7) is 2.81. The highest BCUT2D eigenvalue weighted by atomic mass is 32.1. The second-order valence-corrected chi connectivity index (χ2v) is 5.08. The molecule has 0 bridgehead atoms. The van der Waals surface area contributed by atoms with Crippen molar-refractivity contribution in [2.45, 2.75) is 13.3 Å². The first-order valence-electron chi connectivity index (χ1n) is 5.93. The smallest absolute Gasteiger partial charge is 0.168 e. The minimum atomic E-state index is 0.0815. The van der Waals surface area contributed by atoms with Crippen LogP contribution in [0.1, 0.15) is 23.7 Å².